The monoisotopic (exact) mass is 371 g/mol. The Kier molecular flexibility index (Phi) is 7.85. The Morgan fingerprint density at radius 2 is 1.96 bits per heavy atom. The van der Waals surface area contributed by atoms with Crippen molar-refractivity contribution in [1.82, 2.24) is 20.2 Å². The van der Waals surface area contributed by atoms with E-state index in [2.05, 4.69) is 58.1 Å². The van der Waals surface area contributed by atoms with Crippen LogP contribution in [0.5, 0.6) is 0 Å². The first-order valence-corrected chi connectivity index (χ1v) is 9.66. The van der Waals surface area contributed by atoms with Crippen molar-refractivity contribution in [2.45, 2.75) is 52.2 Å². The Bertz CT molecular complexity index is 686. The zero-order valence-electron chi connectivity index (χ0n) is 16.9. The fraction of sp³-hybridized carbons (Fsp3) is 0.524. The predicted octanol–water partition coefficient (Wildman–Crippen LogP) is 2.86. The molecule has 0 aliphatic rings. The number of hydrogen-bond acceptors (Lipinski definition) is 3. The van der Waals surface area contributed by atoms with Crippen LogP contribution in [-0.2, 0) is 12.0 Å². The average Bonchev–Trinajstić information content (AvgIpc) is 3.15. The molecule has 1 aromatic heterocycles. The lowest BCUT2D eigenvalue weighted by atomic mass is 9.86. The van der Waals surface area contributed by atoms with Gasteiger partial charge in [-0.1, -0.05) is 45.0 Å². The second kappa shape index (κ2) is 10.1. The molecular weight excluding hydrogens is 338 g/mol. The van der Waals surface area contributed by atoms with Crippen molar-refractivity contribution < 1.29 is 5.11 Å². The van der Waals surface area contributed by atoms with Gasteiger partial charge in [-0.15, -0.1) is 0 Å². The van der Waals surface area contributed by atoms with Gasteiger partial charge in [0.15, 0.2) is 5.96 Å². The number of hydrogen-bond donors (Lipinski definition) is 3. The molecule has 0 aliphatic heterocycles. The SMILES string of the molecule is CCNC(=NCC(O)c1ccc(C(C)(C)C)cc1)NCCCn1ccnc1. The molecule has 0 fully saturated rings. The van der Waals surface area contributed by atoms with E-state index in [4.69, 9.17) is 0 Å². The summed E-state index contributed by atoms with van der Waals surface area (Å²) in [6.07, 6.45) is 5.92. The number of imidazole rings is 1. The van der Waals surface area contributed by atoms with Crippen molar-refractivity contribution in [3.8, 4) is 0 Å². The smallest absolute Gasteiger partial charge is 0.191 e. The number of guanidine groups is 1. The molecule has 1 heterocycles. The Hall–Kier alpha value is -2.34. The standard InChI is InChI=1S/C21H33N5O/c1-5-23-20(24-11-6-13-26-14-12-22-16-26)25-15-19(27)17-7-9-18(10-8-17)21(2,3)4/h7-10,12,14,16,19,27H,5-6,11,13,15H2,1-4H3,(H2,23,24,25). The van der Waals surface area contributed by atoms with E-state index in [0.29, 0.717) is 6.54 Å². The summed E-state index contributed by atoms with van der Waals surface area (Å²) in [4.78, 5) is 8.56. The maximum atomic E-state index is 10.5. The first-order chi connectivity index (χ1) is 12.9. The van der Waals surface area contributed by atoms with E-state index in [-0.39, 0.29) is 5.41 Å². The van der Waals surface area contributed by atoms with E-state index in [1.165, 1.54) is 5.56 Å². The number of benzene rings is 1. The normalized spacial score (nSPS) is 13.4. The largest absolute Gasteiger partial charge is 0.386 e. The van der Waals surface area contributed by atoms with Gasteiger partial charge in [0.25, 0.3) is 0 Å². The van der Waals surface area contributed by atoms with Crippen molar-refractivity contribution >= 4 is 5.96 Å². The number of nitrogens with one attached hydrogen (secondary N) is 2. The second-order valence-corrected chi connectivity index (χ2v) is 7.69. The summed E-state index contributed by atoms with van der Waals surface area (Å²) in [5.74, 6) is 0.730. The van der Waals surface area contributed by atoms with Crippen molar-refractivity contribution in [1.29, 1.82) is 0 Å². The lowest BCUT2D eigenvalue weighted by Crippen LogP contribution is -2.38. The van der Waals surface area contributed by atoms with Gasteiger partial charge in [-0.2, -0.15) is 0 Å². The molecule has 3 N–H and O–H groups in total. The van der Waals surface area contributed by atoms with Crippen LogP contribution in [0.4, 0.5) is 0 Å². The van der Waals surface area contributed by atoms with Gasteiger partial charge >= 0.3 is 0 Å². The van der Waals surface area contributed by atoms with Gasteiger partial charge < -0.3 is 20.3 Å². The highest BCUT2D eigenvalue weighted by atomic mass is 16.3. The van der Waals surface area contributed by atoms with Gasteiger partial charge in [0, 0.05) is 32.0 Å². The summed E-state index contributed by atoms with van der Waals surface area (Å²) >= 11 is 0. The molecule has 0 saturated heterocycles. The lowest BCUT2D eigenvalue weighted by Gasteiger charge is -2.20. The summed E-state index contributed by atoms with van der Waals surface area (Å²) in [7, 11) is 0. The van der Waals surface area contributed by atoms with Crippen LogP contribution in [0.1, 0.15) is 51.3 Å². The number of aromatic nitrogens is 2. The average molecular weight is 372 g/mol. The van der Waals surface area contributed by atoms with Crippen molar-refractivity contribution in [3.63, 3.8) is 0 Å². The van der Waals surface area contributed by atoms with Crippen LogP contribution >= 0.6 is 0 Å². The predicted molar refractivity (Wildman–Crippen MR) is 111 cm³/mol. The molecule has 148 valence electrons. The number of rotatable bonds is 8. The maximum absolute atomic E-state index is 10.5. The minimum atomic E-state index is -0.611. The highest BCUT2D eigenvalue weighted by Gasteiger charge is 2.14. The Balaban J connectivity index is 1.85. The second-order valence-electron chi connectivity index (χ2n) is 7.69. The fourth-order valence-electron chi connectivity index (χ4n) is 2.72. The maximum Gasteiger partial charge on any atom is 0.191 e. The Morgan fingerprint density at radius 1 is 1.22 bits per heavy atom. The summed E-state index contributed by atoms with van der Waals surface area (Å²) in [5.41, 5.74) is 2.26. The summed E-state index contributed by atoms with van der Waals surface area (Å²) < 4.78 is 2.05. The van der Waals surface area contributed by atoms with E-state index in [0.717, 1.165) is 37.6 Å². The fourth-order valence-corrected chi connectivity index (χ4v) is 2.72. The van der Waals surface area contributed by atoms with Gasteiger partial charge in [0.05, 0.1) is 19.0 Å². The molecule has 0 radical (unpaired) electrons. The van der Waals surface area contributed by atoms with E-state index in [9.17, 15) is 5.11 Å². The third-order valence-electron chi connectivity index (χ3n) is 4.37. The van der Waals surface area contributed by atoms with Crippen molar-refractivity contribution in [3.05, 3.63) is 54.1 Å². The van der Waals surface area contributed by atoms with Crippen molar-refractivity contribution in [2.75, 3.05) is 19.6 Å². The van der Waals surface area contributed by atoms with Gasteiger partial charge in [-0.3, -0.25) is 4.99 Å². The summed E-state index contributed by atoms with van der Waals surface area (Å²) in [5, 5.41) is 17.0. The number of aliphatic hydroxyl groups excluding tert-OH is 1. The molecule has 27 heavy (non-hydrogen) atoms. The molecule has 2 aromatic rings. The first-order valence-electron chi connectivity index (χ1n) is 9.66. The zero-order valence-corrected chi connectivity index (χ0v) is 16.9. The number of aliphatic imine (C=N–C) groups is 1. The van der Waals surface area contributed by atoms with Crippen LogP contribution < -0.4 is 10.6 Å². The van der Waals surface area contributed by atoms with E-state index in [1.54, 1.807) is 6.20 Å². The minimum absolute atomic E-state index is 0.112. The van der Waals surface area contributed by atoms with Gasteiger partial charge in [-0.25, -0.2) is 4.98 Å². The van der Waals surface area contributed by atoms with E-state index >= 15 is 0 Å². The molecule has 6 heteroatoms. The van der Waals surface area contributed by atoms with Crippen LogP contribution in [0.2, 0.25) is 0 Å². The van der Waals surface area contributed by atoms with Crippen LogP contribution in [0.3, 0.4) is 0 Å². The molecule has 0 aliphatic carbocycles. The van der Waals surface area contributed by atoms with E-state index in [1.807, 2.05) is 31.6 Å². The molecule has 6 nitrogen and oxygen atoms in total. The van der Waals surface area contributed by atoms with Crippen LogP contribution in [0, 0.1) is 0 Å². The topological polar surface area (TPSA) is 74.5 Å². The number of nitrogens with zero attached hydrogens (tertiary/aromatic N) is 3. The zero-order chi connectivity index (χ0) is 19.7. The molecule has 0 saturated carbocycles. The third kappa shape index (κ3) is 7.06. The molecule has 2 rings (SSSR count). The molecule has 1 unspecified atom stereocenters. The molecular formula is C21H33N5O. The van der Waals surface area contributed by atoms with Gasteiger partial charge in [0.1, 0.15) is 0 Å². The number of aliphatic hydroxyl groups is 1. The lowest BCUT2D eigenvalue weighted by molar-refractivity contribution is 0.187. The molecule has 0 spiro atoms. The minimum Gasteiger partial charge on any atom is -0.386 e. The molecule has 1 aromatic carbocycles. The Morgan fingerprint density at radius 3 is 2.56 bits per heavy atom. The summed E-state index contributed by atoms with van der Waals surface area (Å²) in [6, 6.07) is 8.15. The van der Waals surface area contributed by atoms with Crippen LogP contribution in [0.15, 0.2) is 48.0 Å². The van der Waals surface area contributed by atoms with E-state index < -0.39 is 6.10 Å². The molecule has 0 amide bonds. The Labute approximate surface area is 162 Å². The van der Waals surface area contributed by atoms with Crippen LogP contribution in [0.25, 0.3) is 0 Å². The first kappa shape index (κ1) is 21.0. The van der Waals surface area contributed by atoms with Gasteiger partial charge in [-0.05, 0) is 29.9 Å². The highest BCUT2D eigenvalue weighted by Crippen LogP contribution is 2.24. The quantitative estimate of drug-likeness (QED) is 0.379. The third-order valence-corrected chi connectivity index (χ3v) is 4.37. The molecule has 0 bridgehead atoms. The summed E-state index contributed by atoms with van der Waals surface area (Å²) in [6.45, 7) is 11.4. The van der Waals surface area contributed by atoms with Gasteiger partial charge in [0.2, 0.25) is 0 Å². The molecule has 1 atom stereocenters. The number of aryl methyl sites for hydroxylation is 1. The van der Waals surface area contributed by atoms with Crippen molar-refractivity contribution in [2.24, 2.45) is 4.99 Å². The highest BCUT2D eigenvalue weighted by molar-refractivity contribution is 5.79. The van der Waals surface area contributed by atoms with Crippen LogP contribution in [-0.4, -0.2) is 40.3 Å².